The van der Waals surface area contributed by atoms with Gasteiger partial charge in [-0.15, -0.1) is 0 Å². The molecule has 3 heterocycles. The molecule has 8 atom stereocenters. The molecule has 25 heteroatoms. The van der Waals surface area contributed by atoms with Crippen LogP contribution in [0.2, 0.25) is 0 Å². The maximum absolute atomic E-state index is 13.9. The monoisotopic (exact) mass is 908 g/mol. The van der Waals surface area contributed by atoms with Crippen molar-refractivity contribution in [1.82, 2.24) is 36.3 Å². The number of alkyl halides is 2. The molecule has 2 saturated heterocycles. The molecule has 22 nitrogen and oxygen atoms in total. The summed E-state index contributed by atoms with van der Waals surface area (Å²) in [5, 5.41) is 69.4. The van der Waals surface area contributed by atoms with Gasteiger partial charge in [-0.25, -0.2) is 8.78 Å². The number of benzene rings is 1. The van der Waals surface area contributed by atoms with Gasteiger partial charge >= 0.3 is 0 Å². The van der Waals surface area contributed by atoms with E-state index >= 15 is 0 Å². The van der Waals surface area contributed by atoms with Crippen molar-refractivity contribution in [2.24, 2.45) is 5.92 Å². The Morgan fingerprint density at radius 3 is 2.38 bits per heavy atom. The van der Waals surface area contributed by atoms with Crippen LogP contribution in [-0.2, 0) is 62.7 Å². The van der Waals surface area contributed by atoms with Crippen LogP contribution in [0.5, 0.6) is 0 Å². The van der Waals surface area contributed by atoms with E-state index in [0.717, 1.165) is 21.6 Å². The van der Waals surface area contributed by atoms with Crippen molar-refractivity contribution in [1.29, 1.82) is 5.26 Å². The van der Waals surface area contributed by atoms with Crippen molar-refractivity contribution in [2.45, 2.75) is 107 Å². The smallest absolute Gasteiger partial charge is 0.268 e. The van der Waals surface area contributed by atoms with Crippen LogP contribution in [0.25, 0.3) is 0 Å². The third-order valence-corrected chi connectivity index (χ3v) is 11.0. The molecular weight excluding hydrogens is 853 g/mol. The highest BCUT2D eigenvalue weighted by molar-refractivity contribution is 6.15. The molecular formula is C39H55BF2N8O14. The predicted molar refractivity (Wildman–Crippen MR) is 216 cm³/mol. The fourth-order valence-corrected chi connectivity index (χ4v) is 7.39. The Balaban J connectivity index is 1.09. The summed E-state index contributed by atoms with van der Waals surface area (Å²) in [4.78, 5) is 90.8. The zero-order valence-electron chi connectivity index (χ0n) is 35.2. The van der Waals surface area contributed by atoms with E-state index in [1.807, 2.05) is 12.1 Å². The molecule has 0 saturated carbocycles. The Hall–Kier alpha value is -5.36. The Morgan fingerprint density at radius 1 is 0.969 bits per heavy atom. The van der Waals surface area contributed by atoms with Gasteiger partial charge in [0.15, 0.2) is 0 Å². The molecule has 0 spiro atoms. The maximum Gasteiger partial charge on any atom is 0.268 e. The number of hydrogen-bond donors (Lipinski definition) is 10. The van der Waals surface area contributed by atoms with E-state index in [1.165, 1.54) is 7.98 Å². The fourth-order valence-electron chi connectivity index (χ4n) is 7.39. The van der Waals surface area contributed by atoms with Gasteiger partial charge in [-0.05, 0) is 29.5 Å². The number of carbonyl (C=O) groups is 7. The number of nitrogens with one attached hydrogen (secondary N) is 5. The van der Waals surface area contributed by atoms with Crippen molar-refractivity contribution in [3.05, 3.63) is 34.9 Å². The zero-order chi connectivity index (χ0) is 47.1. The first-order chi connectivity index (χ1) is 30.4. The molecule has 10 N–H and O–H groups in total. The topological polar surface area (TPSA) is 330 Å². The highest BCUT2D eigenvalue weighted by Gasteiger charge is 2.50. The van der Waals surface area contributed by atoms with E-state index in [9.17, 15) is 68.0 Å². The minimum Gasteiger partial charge on any atom is -0.404 e. The number of rotatable bonds is 24. The molecule has 1 aromatic carbocycles. The normalized spacial score (nSPS) is 21.1. The average Bonchev–Trinajstić information content (AvgIpc) is 3.98. The number of aliphatic hydroxyl groups excluding tert-OH is 5. The minimum absolute atomic E-state index is 0.000147. The fraction of sp³-hybridized carbons (Fsp3) is 0.641. The number of carbonyl (C=O) groups excluding carboxylic acids is 7. The van der Waals surface area contributed by atoms with E-state index in [1.54, 1.807) is 17.0 Å². The van der Waals surface area contributed by atoms with Gasteiger partial charge in [0.1, 0.15) is 43.0 Å². The summed E-state index contributed by atoms with van der Waals surface area (Å²) in [6.07, 6.45) is -8.60. The van der Waals surface area contributed by atoms with E-state index in [4.69, 9.17) is 14.6 Å². The van der Waals surface area contributed by atoms with Gasteiger partial charge in [0, 0.05) is 57.8 Å². The van der Waals surface area contributed by atoms with Crippen LogP contribution in [0.15, 0.2) is 18.2 Å². The second-order valence-electron chi connectivity index (χ2n) is 15.7. The third-order valence-electron chi connectivity index (χ3n) is 11.0. The van der Waals surface area contributed by atoms with Gasteiger partial charge in [0.25, 0.3) is 5.92 Å². The second kappa shape index (κ2) is 24.1. The summed E-state index contributed by atoms with van der Waals surface area (Å²) in [6, 6.07) is 3.62. The maximum atomic E-state index is 13.9. The standard InChI is InChI=1S/C39H55BF2N8O14/c40-48-37(61)26(4-5-30(54)45-15-28(52)34(58)35(59)29(53)18-51)46-32(56)19-64-9-8-63-7-6-31(55)44-14-21-2-1-3-22-16-49(17-25(21)22)33(57)11-23-10-27(47-36(23)60)38(62)50-20-39(41,42)12-24(50)13-43/h1-3,23-24,26-29,34-35,51-53,58-59H,4-12,14-20,40H2,(H,44,55)(H,45,54)(H,46,56)(H,47,60)(H,48,61)/t23-,24-,26+,27-,28-,29+,34+,35+/m0/s1. The highest BCUT2D eigenvalue weighted by atomic mass is 19.3. The predicted octanol–water partition coefficient (Wildman–Crippen LogP) is -5.30. The van der Waals surface area contributed by atoms with Crippen molar-refractivity contribution < 1.29 is 77.3 Å². The first-order valence-corrected chi connectivity index (χ1v) is 20.7. The Labute approximate surface area is 367 Å². The molecule has 0 radical (unpaired) electrons. The number of ether oxygens (including phenoxy) is 2. The van der Waals surface area contributed by atoms with Crippen LogP contribution in [-0.4, -0.2) is 179 Å². The zero-order valence-corrected chi connectivity index (χ0v) is 35.2. The molecule has 0 aromatic heterocycles. The van der Waals surface area contributed by atoms with Crippen molar-refractivity contribution >= 4 is 49.3 Å². The molecule has 1 aromatic rings. The molecule has 0 bridgehead atoms. The summed E-state index contributed by atoms with van der Waals surface area (Å²) < 4.78 is 38.5. The lowest BCUT2D eigenvalue weighted by atomic mass is 9.99. The van der Waals surface area contributed by atoms with E-state index in [0.29, 0.717) is 0 Å². The van der Waals surface area contributed by atoms with Gasteiger partial charge in [0.2, 0.25) is 49.3 Å². The lowest BCUT2D eigenvalue weighted by Gasteiger charge is -2.25. The lowest BCUT2D eigenvalue weighted by molar-refractivity contribution is -0.135. The van der Waals surface area contributed by atoms with Crippen molar-refractivity contribution in [2.75, 3.05) is 46.1 Å². The number of nitriles is 1. The van der Waals surface area contributed by atoms with E-state index in [2.05, 4.69) is 26.5 Å². The molecule has 352 valence electrons. The van der Waals surface area contributed by atoms with E-state index in [-0.39, 0.29) is 83.4 Å². The SMILES string of the molecule is BNC(=O)[C@@H](CCC(=O)NC[C@H](O)[C@@H](O)[C@H](O)[C@H](O)CO)NC(=O)COCCOCCC(=O)NCc1cccc2c1CN(C(=O)C[C@@H]1C[C@@H](C(=O)N3CC(F)(F)C[C@H]3C#N)NC1=O)C2. The Bertz CT molecular complexity index is 1890. The Kier molecular flexibility index (Phi) is 19.3. The number of halogens is 2. The van der Waals surface area contributed by atoms with Gasteiger partial charge in [-0.2, -0.15) is 5.26 Å². The Morgan fingerprint density at radius 2 is 1.67 bits per heavy atom. The first kappa shape index (κ1) is 51.3. The number of fused-ring (bicyclic) bond motifs is 1. The molecule has 0 aliphatic carbocycles. The molecule has 64 heavy (non-hydrogen) atoms. The van der Waals surface area contributed by atoms with Gasteiger partial charge in [-0.1, -0.05) is 18.2 Å². The largest absolute Gasteiger partial charge is 0.404 e. The third kappa shape index (κ3) is 14.6. The molecule has 4 rings (SSSR count). The molecule has 3 aliphatic rings. The molecule has 0 unspecified atom stereocenters. The number of nitrogens with zero attached hydrogens (tertiary/aromatic N) is 3. The summed E-state index contributed by atoms with van der Waals surface area (Å²) in [5.74, 6) is -7.96. The van der Waals surface area contributed by atoms with Crippen molar-refractivity contribution in [3.8, 4) is 6.07 Å². The first-order valence-electron chi connectivity index (χ1n) is 20.7. The van der Waals surface area contributed by atoms with Gasteiger partial charge in [-0.3, -0.25) is 33.6 Å². The number of aliphatic hydroxyl groups is 5. The summed E-state index contributed by atoms with van der Waals surface area (Å²) in [6.45, 7) is -2.06. The second-order valence-corrected chi connectivity index (χ2v) is 15.7. The van der Waals surface area contributed by atoms with Crippen molar-refractivity contribution in [3.63, 3.8) is 0 Å². The van der Waals surface area contributed by atoms with Crippen LogP contribution in [0, 0.1) is 17.2 Å². The average molecular weight is 909 g/mol. The number of hydrogen-bond acceptors (Lipinski definition) is 15. The quantitative estimate of drug-likeness (QED) is 0.0342. The summed E-state index contributed by atoms with van der Waals surface area (Å²) in [5.41, 5.74) is 2.48. The van der Waals surface area contributed by atoms with Gasteiger partial charge < -0.3 is 71.3 Å². The lowest BCUT2D eigenvalue weighted by Crippen LogP contribution is -2.50. The van der Waals surface area contributed by atoms with Crippen LogP contribution in [0.1, 0.15) is 55.2 Å². The number of amides is 7. The minimum atomic E-state index is -3.20. The molecule has 2 fully saturated rings. The van der Waals surface area contributed by atoms with Crippen LogP contribution in [0.4, 0.5) is 8.78 Å². The van der Waals surface area contributed by atoms with Gasteiger partial charge in [0.05, 0.1) is 45.1 Å². The van der Waals surface area contributed by atoms with Crippen LogP contribution < -0.4 is 26.5 Å². The highest BCUT2D eigenvalue weighted by Crippen LogP contribution is 2.34. The van der Waals surface area contributed by atoms with Crippen LogP contribution in [0.3, 0.4) is 0 Å². The summed E-state index contributed by atoms with van der Waals surface area (Å²) >= 11 is 0. The molecule has 3 aliphatic heterocycles. The summed E-state index contributed by atoms with van der Waals surface area (Å²) in [7, 11) is 1.33. The molecule has 7 amide bonds. The number of likely N-dealkylation sites (tertiary alicyclic amines) is 1. The van der Waals surface area contributed by atoms with Crippen LogP contribution >= 0.6 is 0 Å². The van der Waals surface area contributed by atoms with E-state index < -0.39 is 117 Å².